The number of nitro benzene ring substituents is 1. The Balaban J connectivity index is 2.13. The van der Waals surface area contributed by atoms with Gasteiger partial charge in [-0.05, 0) is 29.8 Å². The maximum atomic E-state index is 10.8. The van der Waals surface area contributed by atoms with Crippen molar-refractivity contribution in [2.45, 2.75) is 6.61 Å². The normalized spacial score (nSPS) is 10.2. The summed E-state index contributed by atoms with van der Waals surface area (Å²) in [6.07, 6.45) is 0. The molecule has 0 amide bonds. The Morgan fingerprint density at radius 1 is 1.19 bits per heavy atom. The van der Waals surface area contributed by atoms with E-state index in [1.165, 1.54) is 6.07 Å². The van der Waals surface area contributed by atoms with E-state index in [1.807, 2.05) is 0 Å². The summed E-state index contributed by atoms with van der Waals surface area (Å²) in [6.45, 7) is 0.213. The van der Waals surface area contributed by atoms with Gasteiger partial charge in [0.1, 0.15) is 18.0 Å². The van der Waals surface area contributed by atoms with Crippen molar-refractivity contribution in [1.82, 2.24) is 0 Å². The first-order valence-electron chi connectivity index (χ1n) is 5.83. The number of anilines is 1. The zero-order valence-electron chi connectivity index (χ0n) is 10.7. The van der Waals surface area contributed by atoms with Crippen molar-refractivity contribution in [2.24, 2.45) is 5.84 Å². The highest BCUT2D eigenvalue weighted by Gasteiger charge is 2.13. The highest BCUT2D eigenvalue weighted by atomic mass is 35.5. The molecule has 0 atom stereocenters. The third-order valence-corrected chi connectivity index (χ3v) is 3.45. The van der Waals surface area contributed by atoms with Crippen LogP contribution < -0.4 is 16.0 Å². The molecule has 0 radical (unpaired) electrons. The fourth-order valence-corrected chi connectivity index (χ4v) is 1.97. The first kappa shape index (κ1) is 15.4. The van der Waals surface area contributed by atoms with Gasteiger partial charge < -0.3 is 10.2 Å². The number of nitrogens with one attached hydrogen (secondary N) is 1. The summed E-state index contributed by atoms with van der Waals surface area (Å²) in [7, 11) is 0. The van der Waals surface area contributed by atoms with Gasteiger partial charge in [0.2, 0.25) is 0 Å². The van der Waals surface area contributed by atoms with Gasteiger partial charge in [0, 0.05) is 12.1 Å². The highest BCUT2D eigenvalue weighted by Crippen LogP contribution is 2.28. The van der Waals surface area contributed by atoms with Crippen molar-refractivity contribution in [1.29, 1.82) is 0 Å². The van der Waals surface area contributed by atoms with Gasteiger partial charge in [-0.25, -0.2) is 0 Å². The van der Waals surface area contributed by atoms with E-state index in [2.05, 4.69) is 5.43 Å². The van der Waals surface area contributed by atoms with E-state index in [0.29, 0.717) is 15.8 Å². The zero-order valence-corrected chi connectivity index (χ0v) is 12.2. The van der Waals surface area contributed by atoms with Crippen LogP contribution in [0.1, 0.15) is 5.56 Å². The summed E-state index contributed by atoms with van der Waals surface area (Å²) < 4.78 is 5.55. The standard InChI is InChI=1S/C13H11Cl2N3O3/c14-10-3-2-9(6-11(10)15)21-7-8-1-4-13(18(19)20)12(5-8)17-16/h1-6,17H,7,16H2. The van der Waals surface area contributed by atoms with Crippen LogP contribution in [0.5, 0.6) is 5.75 Å². The molecule has 21 heavy (non-hydrogen) atoms. The van der Waals surface area contributed by atoms with Gasteiger partial charge in [-0.1, -0.05) is 23.2 Å². The summed E-state index contributed by atoms with van der Waals surface area (Å²) >= 11 is 11.7. The van der Waals surface area contributed by atoms with Crippen LogP contribution in [0.4, 0.5) is 11.4 Å². The Kier molecular flexibility index (Phi) is 4.85. The molecule has 0 saturated carbocycles. The Labute approximate surface area is 130 Å². The van der Waals surface area contributed by atoms with E-state index in [9.17, 15) is 10.1 Å². The number of hydrogen-bond donors (Lipinski definition) is 2. The monoisotopic (exact) mass is 327 g/mol. The van der Waals surface area contributed by atoms with Gasteiger partial charge in [-0.15, -0.1) is 0 Å². The van der Waals surface area contributed by atoms with E-state index < -0.39 is 4.92 Å². The van der Waals surface area contributed by atoms with E-state index in [4.69, 9.17) is 33.8 Å². The molecule has 0 fully saturated rings. The lowest BCUT2D eigenvalue weighted by Crippen LogP contribution is -2.09. The number of nitrogen functional groups attached to an aromatic ring is 1. The average Bonchev–Trinajstić information content (AvgIpc) is 2.48. The first-order chi connectivity index (χ1) is 10.0. The van der Waals surface area contributed by atoms with E-state index in [1.54, 1.807) is 30.3 Å². The van der Waals surface area contributed by atoms with Gasteiger partial charge in [-0.3, -0.25) is 16.0 Å². The summed E-state index contributed by atoms with van der Waals surface area (Å²) in [4.78, 5) is 10.3. The predicted molar refractivity (Wildman–Crippen MR) is 81.7 cm³/mol. The van der Waals surface area contributed by atoms with Crippen LogP contribution in [0.3, 0.4) is 0 Å². The predicted octanol–water partition coefficient (Wildman–Crippen LogP) is 3.77. The molecule has 110 valence electrons. The molecular formula is C13H11Cl2N3O3. The third-order valence-electron chi connectivity index (χ3n) is 2.71. The van der Waals surface area contributed by atoms with Crippen molar-refractivity contribution in [3.8, 4) is 5.75 Å². The lowest BCUT2D eigenvalue weighted by molar-refractivity contribution is -0.384. The van der Waals surface area contributed by atoms with Gasteiger partial charge in [0.05, 0.1) is 15.0 Å². The van der Waals surface area contributed by atoms with E-state index >= 15 is 0 Å². The van der Waals surface area contributed by atoms with Crippen LogP contribution >= 0.6 is 23.2 Å². The molecular weight excluding hydrogens is 317 g/mol. The van der Waals surface area contributed by atoms with Crippen molar-refractivity contribution < 1.29 is 9.66 Å². The summed E-state index contributed by atoms with van der Waals surface area (Å²) in [5, 5.41) is 11.6. The molecule has 3 N–H and O–H groups in total. The second-order valence-corrected chi connectivity index (χ2v) is 4.93. The van der Waals surface area contributed by atoms with E-state index in [0.717, 1.165) is 5.56 Å². The second kappa shape index (κ2) is 6.62. The molecule has 0 aromatic heterocycles. The molecule has 6 nitrogen and oxygen atoms in total. The van der Waals surface area contributed by atoms with Gasteiger partial charge in [0.25, 0.3) is 5.69 Å². The molecule has 0 spiro atoms. The Morgan fingerprint density at radius 3 is 2.57 bits per heavy atom. The molecule has 0 aliphatic rings. The fraction of sp³-hybridized carbons (Fsp3) is 0.0769. The molecule has 2 aromatic carbocycles. The number of ether oxygens (including phenoxy) is 1. The van der Waals surface area contributed by atoms with Gasteiger partial charge in [-0.2, -0.15) is 0 Å². The molecule has 8 heteroatoms. The number of hydrazine groups is 1. The summed E-state index contributed by atoms with van der Waals surface area (Å²) in [5.74, 6) is 5.82. The number of nitrogens with zero attached hydrogens (tertiary/aromatic N) is 1. The first-order valence-corrected chi connectivity index (χ1v) is 6.58. The second-order valence-electron chi connectivity index (χ2n) is 4.12. The largest absolute Gasteiger partial charge is 0.489 e. The number of rotatable bonds is 5. The van der Waals surface area contributed by atoms with Crippen molar-refractivity contribution in [3.63, 3.8) is 0 Å². The van der Waals surface area contributed by atoms with Crippen molar-refractivity contribution in [2.75, 3.05) is 5.43 Å². The van der Waals surface area contributed by atoms with Gasteiger partial charge >= 0.3 is 0 Å². The van der Waals surface area contributed by atoms with Crippen molar-refractivity contribution >= 4 is 34.6 Å². The number of halogens is 2. The van der Waals surface area contributed by atoms with E-state index in [-0.39, 0.29) is 18.0 Å². The van der Waals surface area contributed by atoms with Crippen LogP contribution in [0.2, 0.25) is 10.0 Å². The van der Waals surface area contributed by atoms with Crippen LogP contribution in [0.15, 0.2) is 36.4 Å². The molecule has 0 aliphatic carbocycles. The maximum Gasteiger partial charge on any atom is 0.293 e. The Bertz CT molecular complexity index is 680. The molecule has 0 heterocycles. The summed E-state index contributed by atoms with van der Waals surface area (Å²) in [6, 6.07) is 9.41. The lowest BCUT2D eigenvalue weighted by Gasteiger charge is -2.09. The van der Waals surface area contributed by atoms with Crippen LogP contribution in [-0.4, -0.2) is 4.92 Å². The molecule has 0 aliphatic heterocycles. The highest BCUT2D eigenvalue weighted by molar-refractivity contribution is 6.42. The molecule has 0 unspecified atom stereocenters. The Morgan fingerprint density at radius 2 is 1.95 bits per heavy atom. The third kappa shape index (κ3) is 3.75. The average molecular weight is 328 g/mol. The maximum absolute atomic E-state index is 10.8. The molecule has 2 aromatic rings. The number of benzene rings is 2. The fourth-order valence-electron chi connectivity index (χ4n) is 1.68. The number of hydrogen-bond acceptors (Lipinski definition) is 5. The van der Waals surface area contributed by atoms with Crippen molar-refractivity contribution in [3.05, 3.63) is 62.1 Å². The SMILES string of the molecule is NNc1cc(COc2ccc(Cl)c(Cl)c2)ccc1[N+](=O)[O-]. The smallest absolute Gasteiger partial charge is 0.293 e. The summed E-state index contributed by atoms with van der Waals surface area (Å²) in [5.41, 5.74) is 3.13. The molecule has 0 bridgehead atoms. The Hall–Kier alpha value is -2.02. The van der Waals surface area contributed by atoms with Gasteiger partial charge in [0.15, 0.2) is 0 Å². The van der Waals surface area contributed by atoms with Crippen LogP contribution in [0.25, 0.3) is 0 Å². The lowest BCUT2D eigenvalue weighted by atomic mass is 10.2. The topological polar surface area (TPSA) is 90.4 Å². The molecule has 0 saturated heterocycles. The van der Waals surface area contributed by atoms with Crippen LogP contribution in [-0.2, 0) is 6.61 Å². The van der Waals surface area contributed by atoms with Crippen LogP contribution in [0, 0.1) is 10.1 Å². The molecule has 2 rings (SSSR count). The minimum atomic E-state index is -0.515. The zero-order chi connectivity index (χ0) is 15.4. The number of nitro groups is 1. The minimum Gasteiger partial charge on any atom is -0.489 e. The number of nitrogens with two attached hydrogens (primary N) is 1. The quantitative estimate of drug-likeness (QED) is 0.495. The minimum absolute atomic E-state index is 0.101.